The number of hydrogen-bond acceptors (Lipinski definition) is 3. The number of ether oxygens (including phenoxy) is 1. The first kappa shape index (κ1) is 15.3. The SMILES string of the molecule is O=C(Cn1ncc2c1-c1ccccc1OC2)Nc1cc(F)ccc1F. The predicted octanol–water partition coefficient (Wildman–Crippen LogP) is 3.36. The van der Waals surface area contributed by atoms with Crippen molar-refractivity contribution in [2.45, 2.75) is 13.2 Å². The second kappa shape index (κ2) is 6.01. The number of nitrogens with one attached hydrogen (secondary N) is 1. The molecule has 2 aromatic carbocycles. The molecule has 3 aromatic rings. The Hall–Kier alpha value is -3.22. The molecule has 4 rings (SSSR count). The Morgan fingerprint density at radius 3 is 2.96 bits per heavy atom. The predicted molar refractivity (Wildman–Crippen MR) is 87.0 cm³/mol. The molecule has 0 saturated heterocycles. The van der Waals surface area contributed by atoms with Gasteiger partial charge in [0.1, 0.15) is 30.5 Å². The van der Waals surface area contributed by atoms with Crippen molar-refractivity contribution >= 4 is 11.6 Å². The highest BCUT2D eigenvalue weighted by atomic mass is 19.1. The number of benzene rings is 2. The zero-order valence-electron chi connectivity index (χ0n) is 13.0. The van der Waals surface area contributed by atoms with Crippen molar-refractivity contribution in [1.82, 2.24) is 9.78 Å². The fourth-order valence-corrected chi connectivity index (χ4v) is 2.82. The summed E-state index contributed by atoms with van der Waals surface area (Å²) in [5, 5.41) is 6.60. The molecule has 5 nitrogen and oxygen atoms in total. The number of nitrogens with zero attached hydrogens (tertiary/aromatic N) is 2. The van der Waals surface area contributed by atoms with E-state index in [2.05, 4.69) is 10.4 Å². The van der Waals surface area contributed by atoms with E-state index in [1.807, 2.05) is 24.3 Å². The first-order valence-corrected chi connectivity index (χ1v) is 7.63. The van der Waals surface area contributed by atoms with E-state index in [4.69, 9.17) is 4.74 Å². The van der Waals surface area contributed by atoms with E-state index in [1.54, 1.807) is 6.20 Å². The first-order chi connectivity index (χ1) is 12.1. The first-order valence-electron chi connectivity index (χ1n) is 7.63. The molecule has 1 aromatic heterocycles. The van der Waals surface area contributed by atoms with Crippen LogP contribution in [-0.4, -0.2) is 15.7 Å². The van der Waals surface area contributed by atoms with Gasteiger partial charge in [-0.25, -0.2) is 8.78 Å². The van der Waals surface area contributed by atoms with Crippen molar-refractivity contribution in [1.29, 1.82) is 0 Å². The molecule has 0 aliphatic carbocycles. The third-order valence-electron chi connectivity index (χ3n) is 3.94. The Morgan fingerprint density at radius 1 is 1.24 bits per heavy atom. The number of amides is 1. The summed E-state index contributed by atoms with van der Waals surface area (Å²) in [6.45, 7) is 0.242. The lowest BCUT2D eigenvalue weighted by Crippen LogP contribution is -2.21. The van der Waals surface area contributed by atoms with Crippen LogP contribution in [0.15, 0.2) is 48.7 Å². The average molecular weight is 341 g/mol. The van der Waals surface area contributed by atoms with Crippen molar-refractivity contribution in [3.8, 4) is 17.0 Å². The largest absolute Gasteiger partial charge is 0.488 e. The zero-order valence-corrected chi connectivity index (χ0v) is 13.0. The molecular formula is C18H13F2N3O2. The van der Waals surface area contributed by atoms with Gasteiger partial charge >= 0.3 is 0 Å². The summed E-state index contributed by atoms with van der Waals surface area (Å²) in [7, 11) is 0. The molecule has 126 valence electrons. The summed E-state index contributed by atoms with van der Waals surface area (Å²) in [5.41, 5.74) is 2.29. The van der Waals surface area contributed by atoms with Crippen LogP contribution in [0.25, 0.3) is 11.3 Å². The fraction of sp³-hybridized carbons (Fsp3) is 0.111. The molecule has 1 amide bonds. The molecule has 1 aliphatic rings. The van der Waals surface area contributed by atoms with E-state index in [0.717, 1.165) is 35.0 Å². The smallest absolute Gasteiger partial charge is 0.246 e. The molecule has 0 radical (unpaired) electrons. The third kappa shape index (κ3) is 2.84. The summed E-state index contributed by atoms with van der Waals surface area (Å²) in [4.78, 5) is 12.2. The highest BCUT2D eigenvalue weighted by molar-refractivity contribution is 5.91. The second-order valence-electron chi connectivity index (χ2n) is 5.63. The van der Waals surface area contributed by atoms with E-state index in [9.17, 15) is 13.6 Å². The van der Waals surface area contributed by atoms with E-state index >= 15 is 0 Å². The number of halogens is 2. The number of hydrogen-bond donors (Lipinski definition) is 1. The van der Waals surface area contributed by atoms with Crippen LogP contribution in [0.4, 0.5) is 14.5 Å². The quantitative estimate of drug-likeness (QED) is 0.795. The van der Waals surface area contributed by atoms with Gasteiger partial charge in [-0.15, -0.1) is 0 Å². The van der Waals surface area contributed by atoms with Gasteiger partial charge in [0.2, 0.25) is 5.91 Å². The van der Waals surface area contributed by atoms with Crippen molar-refractivity contribution < 1.29 is 18.3 Å². The van der Waals surface area contributed by atoms with Crippen molar-refractivity contribution in [3.63, 3.8) is 0 Å². The van der Waals surface area contributed by atoms with E-state index in [1.165, 1.54) is 4.68 Å². The van der Waals surface area contributed by atoms with Gasteiger partial charge in [0, 0.05) is 17.2 Å². The lowest BCUT2D eigenvalue weighted by molar-refractivity contribution is -0.116. The van der Waals surface area contributed by atoms with Gasteiger partial charge in [0.05, 0.1) is 17.6 Å². The van der Waals surface area contributed by atoms with Gasteiger partial charge in [-0.1, -0.05) is 12.1 Å². The zero-order chi connectivity index (χ0) is 17.4. The molecule has 1 aliphatic heterocycles. The lowest BCUT2D eigenvalue weighted by Gasteiger charge is -2.19. The average Bonchev–Trinajstić information content (AvgIpc) is 3.01. The molecular weight excluding hydrogens is 328 g/mol. The highest BCUT2D eigenvalue weighted by Gasteiger charge is 2.23. The summed E-state index contributed by atoms with van der Waals surface area (Å²) in [6.07, 6.45) is 1.64. The number of rotatable bonds is 3. The number of para-hydroxylation sites is 1. The molecule has 0 atom stereocenters. The molecule has 7 heteroatoms. The molecule has 2 heterocycles. The van der Waals surface area contributed by atoms with Crippen LogP contribution >= 0.6 is 0 Å². The van der Waals surface area contributed by atoms with Crippen LogP contribution < -0.4 is 10.1 Å². The molecule has 0 bridgehead atoms. The van der Waals surface area contributed by atoms with Gasteiger partial charge in [-0.05, 0) is 24.3 Å². The molecule has 1 N–H and O–H groups in total. The summed E-state index contributed by atoms with van der Waals surface area (Å²) in [6, 6.07) is 10.4. The Morgan fingerprint density at radius 2 is 2.08 bits per heavy atom. The molecule has 25 heavy (non-hydrogen) atoms. The Labute approximate surface area is 141 Å². The van der Waals surface area contributed by atoms with Crippen molar-refractivity contribution in [3.05, 3.63) is 65.9 Å². The van der Waals surface area contributed by atoms with Crippen molar-refractivity contribution in [2.24, 2.45) is 0 Å². The van der Waals surface area contributed by atoms with E-state index < -0.39 is 17.5 Å². The minimum Gasteiger partial charge on any atom is -0.488 e. The fourth-order valence-electron chi connectivity index (χ4n) is 2.82. The Kier molecular flexibility index (Phi) is 3.68. The summed E-state index contributed by atoms with van der Waals surface area (Å²) >= 11 is 0. The normalized spacial score (nSPS) is 12.1. The molecule has 0 spiro atoms. The topological polar surface area (TPSA) is 56.2 Å². The third-order valence-corrected chi connectivity index (χ3v) is 3.94. The van der Waals surface area contributed by atoms with Gasteiger partial charge in [0.25, 0.3) is 0 Å². The van der Waals surface area contributed by atoms with Crippen LogP contribution in [0.2, 0.25) is 0 Å². The van der Waals surface area contributed by atoms with E-state index in [-0.39, 0.29) is 12.2 Å². The van der Waals surface area contributed by atoms with Crippen LogP contribution in [0.3, 0.4) is 0 Å². The van der Waals surface area contributed by atoms with Crippen LogP contribution in [0.5, 0.6) is 5.75 Å². The molecule has 0 unspecified atom stereocenters. The lowest BCUT2D eigenvalue weighted by atomic mass is 10.0. The Bertz CT molecular complexity index is 969. The molecule has 0 saturated carbocycles. The van der Waals surface area contributed by atoms with Crippen molar-refractivity contribution in [2.75, 3.05) is 5.32 Å². The van der Waals surface area contributed by atoms with Gasteiger partial charge in [-0.2, -0.15) is 5.10 Å². The standard InChI is InChI=1S/C18H13F2N3O2/c19-12-5-6-14(20)15(7-12)22-17(24)9-23-18-11(8-21-23)10-25-16-4-2-1-3-13(16)18/h1-8H,9-10H2,(H,22,24). The minimum absolute atomic E-state index is 0.125. The minimum atomic E-state index is -0.698. The number of anilines is 1. The van der Waals surface area contributed by atoms with Crippen LogP contribution in [-0.2, 0) is 17.9 Å². The van der Waals surface area contributed by atoms with Gasteiger partial charge < -0.3 is 10.1 Å². The maximum atomic E-state index is 13.7. The summed E-state index contributed by atoms with van der Waals surface area (Å²) in [5.74, 6) is -1.11. The van der Waals surface area contributed by atoms with Gasteiger partial charge in [0.15, 0.2) is 0 Å². The molecule has 0 fully saturated rings. The van der Waals surface area contributed by atoms with E-state index in [0.29, 0.717) is 12.4 Å². The Balaban J connectivity index is 1.60. The monoisotopic (exact) mass is 341 g/mol. The number of carbonyl (C=O) groups excluding carboxylic acids is 1. The number of fused-ring (bicyclic) bond motifs is 3. The number of carbonyl (C=O) groups is 1. The van der Waals surface area contributed by atoms with Gasteiger partial charge in [-0.3, -0.25) is 9.48 Å². The van der Waals surface area contributed by atoms with Crippen LogP contribution in [0.1, 0.15) is 5.56 Å². The summed E-state index contributed by atoms with van der Waals surface area (Å²) < 4.78 is 34.1. The maximum Gasteiger partial charge on any atom is 0.246 e. The second-order valence-corrected chi connectivity index (χ2v) is 5.63. The van der Waals surface area contributed by atoms with Crippen LogP contribution in [0, 0.1) is 11.6 Å². The maximum absolute atomic E-state index is 13.7. The highest BCUT2D eigenvalue weighted by Crippen LogP contribution is 2.37. The number of aromatic nitrogens is 2.